The molecule has 0 saturated carbocycles. The number of hydrogen-bond acceptors (Lipinski definition) is 1. The second kappa shape index (κ2) is 6.24. The minimum atomic E-state index is -0.423. The Balaban J connectivity index is 1.62. The maximum atomic E-state index is 13.8. The van der Waals surface area contributed by atoms with Gasteiger partial charge in [-0.3, -0.25) is 0 Å². The van der Waals surface area contributed by atoms with Crippen molar-refractivity contribution in [3.8, 4) is 0 Å². The maximum absolute atomic E-state index is 13.8. The molecule has 0 spiro atoms. The van der Waals surface area contributed by atoms with Gasteiger partial charge in [-0.15, -0.1) is 0 Å². The minimum absolute atomic E-state index is 0.214. The van der Waals surface area contributed by atoms with Crippen LogP contribution < -0.4 is 5.32 Å². The Morgan fingerprint density at radius 3 is 2.80 bits per heavy atom. The van der Waals surface area contributed by atoms with Crippen LogP contribution in [-0.4, -0.2) is 22.0 Å². The van der Waals surface area contributed by atoms with Crippen LogP contribution in [0.1, 0.15) is 18.1 Å². The number of rotatable bonds is 2. The molecule has 128 valence electrons. The normalized spacial score (nSPS) is 13.8. The topological polar surface area (TPSA) is 37.3 Å². The van der Waals surface area contributed by atoms with E-state index >= 15 is 0 Å². The molecule has 4 rings (SSSR count). The fraction of sp³-hybridized carbons (Fsp3) is 0.250. The van der Waals surface area contributed by atoms with Gasteiger partial charge in [-0.05, 0) is 42.7 Å². The lowest BCUT2D eigenvalue weighted by Crippen LogP contribution is -2.35. The lowest BCUT2D eigenvalue weighted by atomic mass is 10.1. The number of anilines is 1. The lowest BCUT2D eigenvalue weighted by Gasteiger charge is -2.22. The number of halogens is 1. The van der Waals surface area contributed by atoms with Gasteiger partial charge in [0.15, 0.2) is 0 Å². The van der Waals surface area contributed by atoms with E-state index in [2.05, 4.69) is 35.1 Å². The zero-order valence-corrected chi connectivity index (χ0v) is 14.1. The molecule has 0 aliphatic carbocycles. The Hall–Kier alpha value is -2.82. The van der Waals surface area contributed by atoms with Crippen LogP contribution in [0, 0.1) is 5.82 Å². The fourth-order valence-corrected chi connectivity index (χ4v) is 3.57. The smallest absolute Gasteiger partial charge is 0.322 e. The molecule has 1 aromatic heterocycles. The zero-order chi connectivity index (χ0) is 17.4. The van der Waals surface area contributed by atoms with Crippen molar-refractivity contribution < 1.29 is 9.18 Å². The Morgan fingerprint density at radius 1 is 1.16 bits per heavy atom. The van der Waals surface area contributed by atoms with Crippen molar-refractivity contribution in [1.82, 2.24) is 9.47 Å². The number of para-hydroxylation sites is 1. The number of urea groups is 1. The number of aromatic nitrogens is 1. The van der Waals surface area contributed by atoms with Gasteiger partial charge < -0.3 is 14.8 Å². The summed E-state index contributed by atoms with van der Waals surface area (Å²) in [5.74, 6) is -0.423. The summed E-state index contributed by atoms with van der Waals surface area (Å²) in [4.78, 5) is 14.4. The average Bonchev–Trinajstić information content (AvgIpc) is 2.87. The summed E-state index contributed by atoms with van der Waals surface area (Å²) in [6.07, 6.45) is 2.98. The Kier molecular flexibility index (Phi) is 3.92. The van der Waals surface area contributed by atoms with Gasteiger partial charge in [0.1, 0.15) is 5.82 Å². The van der Waals surface area contributed by atoms with Crippen LogP contribution in [-0.2, 0) is 19.5 Å². The van der Waals surface area contributed by atoms with Gasteiger partial charge in [-0.25, -0.2) is 9.18 Å². The quantitative estimate of drug-likeness (QED) is 0.740. The van der Waals surface area contributed by atoms with Crippen LogP contribution in [0.25, 0.3) is 10.9 Å². The van der Waals surface area contributed by atoms with Crippen LogP contribution in [0.2, 0.25) is 0 Å². The molecular formula is C20H20FN3O. The first-order chi connectivity index (χ1) is 12.2. The van der Waals surface area contributed by atoms with Crippen molar-refractivity contribution >= 4 is 22.6 Å². The second-order valence-electron chi connectivity index (χ2n) is 6.33. The number of benzene rings is 2. The van der Waals surface area contributed by atoms with Crippen LogP contribution in [0.5, 0.6) is 0 Å². The molecule has 2 heterocycles. The van der Waals surface area contributed by atoms with Gasteiger partial charge in [0, 0.05) is 36.7 Å². The largest absolute Gasteiger partial charge is 0.347 e. The number of aryl methyl sites for hydroxylation is 1. The number of carbonyl (C=O) groups is 1. The molecular weight excluding hydrogens is 317 g/mol. The number of nitrogens with zero attached hydrogens (tertiary/aromatic N) is 2. The van der Waals surface area contributed by atoms with E-state index in [0.29, 0.717) is 13.1 Å². The molecule has 25 heavy (non-hydrogen) atoms. The number of carbonyl (C=O) groups excluding carboxylic acids is 1. The van der Waals surface area contributed by atoms with E-state index in [1.807, 2.05) is 6.07 Å². The Morgan fingerprint density at radius 2 is 2.00 bits per heavy atom. The second-order valence-corrected chi connectivity index (χ2v) is 6.33. The van der Waals surface area contributed by atoms with Crippen LogP contribution in [0.4, 0.5) is 14.9 Å². The fourth-order valence-electron chi connectivity index (χ4n) is 3.57. The van der Waals surface area contributed by atoms with Crippen molar-refractivity contribution in [2.45, 2.75) is 26.4 Å². The monoisotopic (exact) mass is 337 g/mol. The van der Waals surface area contributed by atoms with Gasteiger partial charge in [-0.1, -0.05) is 24.3 Å². The highest BCUT2D eigenvalue weighted by atomic mass is 19.1. The van der Waals surface area contributed by atoms with E-state index in [1.165, 1.54) is 22.5 Å². The molecule has 0 unspecified atom stereocenters. The van der Waals surface area contributed by atoms with Crippen LogP contribution in [0.15, 0.2) is 48.7 Å². The van der Waals surface area contributed by atoms with Crippen molar-refractivity contribution in [3.05, 3.63) is 65.6 Å². The Bertz CT molecular complexity index is 947. The van der Waals surface area contributed by atoms with Crippen molar-refractivity contribution in [2.75, 3.05) is 11.9 Å². The van der Waals surface area contributed by atoms with E-state index in [1.54, 1.807) is 23.1 Å². The first kappa shape index (κ1) is 15.7. The SMILES string of the molecule is CCn1cc2c3c(cccc31)CN(C(=O)Nc1ccccc1F)CC2. The third-order valence-corrected chi connectivity index (χ3v) is 4.83. The first-order valence-corrected chi connectivity index (χ1v) is 8.57. The molecule has 0 saturated heterocycles. The Labute approximate surface area is 145 Å². The molecule has 0 atom stereocenters. The van der Waals surface area contributed by atoms with Crippen molar-refractivity contribution in [1.29, 1.82) is 0 Å². The molecule has 1 aliphatic rings. The highest BCUT2D eigenvalue weighted by molar-refractivity contribution is 5.92. The molecule has 0 radical (unpaired) electrons. The summed E-state index contributed by atoms with van der Waals surface area (Å²) in [6, 6.07) is 12.2. The maximum Gasteiger partial charge on any atom is 0.322 e. The summed E-state index contributed by atoms with van der Waals surface area (Å²) in [5, 5.41) is 3.94. The third kappa shape index (κ3) is 2.76. The molecule has 2 amide bonds. The number of hydrogen-bond donors (Lipinski definition) is 1. The summed E-state index contributed by atoms with van der Waals surface area (Å²) in [6.45, 7) is 4.20. The molecule has 1 aliphatic heterocycles. The first-order valence-electron chi connectivity index (χ1n) is 8.57. The summed E-state index contributed by atoms with van der Waals surface area (Å²) < 4.78 is 16.0. The van der Waals surface area contributed by atoms with Crippen LogP contribution in [0.3, 0.4) is 0 Å². The van der Waals surface area contributed by atoms with Crippen molar-refractivity contribution in [2.24, 2.45) is 0 Å². The summed E-state index contributed by atoms with van der Waals surface area (Å²) >= 11 is 0. The van der Waals surface area contributed by atoms with Gasteiger partial charge >= 0.3 is 6.03 Å². The van der Waals surface area contributed by atoms with Gasteiger partial charge in [0.25, 0.3) is 0 Å². The molecule has 2 aromatic carbocycles. The van der Waals surface area contributed by atoms with E-state index in [4.69, 9.17) is 0 Å². The summed E-state index contributed by atoms with van der Waals surface area (Å²) in [5.41, 5.74) is 3.84. The lowest BCUT2D eigenvalue weighted by molar-refractivity contribution is 0.210. The molecule has 4 nitrogen and oxygen atoms in total. The predicted molar refractivity (Wildman–Crippen MR) is 97.1 cm³/mol. The summed E-state index contributed by atoms with van der Waals surface area (Å²) in [7, 11) is 0. The average molecular weight is 337 g/mol. The molecule has 5 heteroatoms. The van der Waals surface area contributed by atoms with Crippen LogP contribution >= 0.6 is 0 Å². The number of amides is 2. The predicted octanol–water partition coefficient (Wildman–Crippen LogP) is 4.39. The highest BCUT2D eigenvalue weighted by Gasteiger charge is 2.22. The third-order valence-electron chi connectivity index (χ3n) is 4.83. The van der Waals surface area contributed by atoms with Gasteiger partial charge in [-0.2, -0.15) is 0 Å². The molecule has 0 bridgehead atoms. The van der Waals surface area contributed by atoms with Gasteiger partial charge in [0.2, 0.25) is 0 Å². The van der Waals surface area contributed by atoms with Crippen molar-refractivity contribution in [3.63, 3.8) is 0 Å². The minimum Gasteiger partial charge on any atom is -0.347 e. The van der Waals surface area contributed by atoms with E-state index in [-0.39, 0.29) is 11.7 Å². The van der Waals surface area contributed by atoms with Gasteiger partial charge in [0.05, 0.1) is 5.69 Å². The highest BCUT2D eigenvalue weighted by Crippen LogP contribution is 2.29. The standard InChI is InChI=1S/C20H20FN3O/c1-2-23-12-15-10-11-24(13-14-6-5-9-18(23)19(14)15)20(25)22-17-8-4-3-7-16(17)21/h3-9,12H,2,10-11,13H2,1H3,(H,22,25). The van der Waals surface area contributed by atoms with E-state index in [9.17, 15) is 9.18 Å². The zero-order valence-electron chi connectivity index (χ0n) is 14.1. The molecule has 1 N–H and O–H groups in total. The van der Waals surface area contributed by atoms with E-state index in [0.717, 1.165) is 18.5 Å². The van der Waals surface area contributed by atoms with E-state index < -0.39 is 5.82 Å². The molecule has 3 aromatic rings. The molecule has 0 fully saturated rings. The number of nitrogens with one attached hydrogen (secondary N) is 1.